The van der Waals surface area contributed by atoms with Gasteiger partial charge in [-0.05, 0) is 24.4 Å². The first-order chi connectivity index (χ1) is 17.7. The van der Waals surface area contributed by atoms with Gasteiger partial charge in [0.2, 0.25) is 5.65 Å². The second-order valence-electron chi connectivity index (χ2n) is 10.5. The van der Waals surface area contributed by atoms with Crippen molar-refractivity contribution in [1.82, 2.24) is 51.4 Å². The number of anilines is 1. The molecule has 14 heteroatoms. The standard InChI is InChI=1S/C23H31N11O3/c1-5-6-8-23(31-32-23)9-10-24-20(36)16-15(29-37-30-16)13-34-27-17-18(28-34)25-21(22(2,3)4)26-19(17)33-11-7-14(35)12-33/h1,14,31-32,35H,6-13H2,2-4H3,(H,24,36)/t14-/m0/s1. The monoisotopic (exact) mass is 509 g/mol. The minimum atomic E-state index is -0.417. The van der Waals surface area contributed by atoms with E-state index in [1.54, 1.807) is 0 Å². The normalized spacial score (nSPS) is 18.8. The van der Waals surface area contributed by atoms with E-state index in [2.05, 4.69) is 47.6 Å². The molecule has 196 valence electrons. The molecule has 3 aromatic rings. The Morgan fingerprint density at radius 3 is 2.76 bits per heavy atom. The number of hydrogen-bond acceptors (Lipinski definition) is 12. The number of hydrazine groups is 1. The average Bonchev–Trinajstić information content (AvgIpc) is 3.19. The largest absolute Gasteiger partial charge is 0.391 e. The summed E-state index contributed by atoms with van der Waals surface area (Å²) in [6.07, 6.45) is 7.66. The Kier molecular flexibility index (Phi) is 6.52. The van der Waals surface area contributed by atoms with E-state index < -0.39 is 12.0 Å². The van der Waals surface area contributed by atoms with Gasteiger partial charge < -0.3 is 15.3 Å². The summed E-state index contributed by atoms with van der Waals surface area (Å²) >= 11 is 0. The maximum absolute atomic E-state index is 12.8. The minimum Gasteiger partial charge on any atom is -0.391 e. The second-order valence-corrected chi connectivity index (χ2v) is 10.5. The van der Waals surface area contributed by atoms with Crippen molar-refractivity contribution in [2.24, 2.45) is 0 Å². The highest BCUT2D eigenvalue weighted by Gasteiger charge is 2.40. The highest BCUT2D eigenvalue weighted by Crippen LogP contribution is 2.29. The first kappa shape index (κ1) is 25.0. The van der Waals surface area contributed by atoms with E-state index in [4.69, 9.17) is 16.0 Å². The molecule has 5 heterocycles. The number of fused-ring (bicyclic) bond motifs is 1. The number of nitrogens with one attached hydrogen (secondary N) is 3. The molecule has 5 rings (SSSR count). The lowest BCUT2D eigenvalue weighted by Gasteiger charge is -2.21. The van der Waals surface area contributed by atoms with Gasteiger partial charge in [-0.1, -0.05) is 25.9 Å². The van der Waals surface area contributed by atoms with E-state index >= 15 is 0 Å². The molecule has 3 aromatic heterocycles. The van der Waals surface area contributed by atoms with Crippen LogP contribution in [0.4, 0.5) is 5.82 Å². The molecule has 2 fully saturated rings. The quantitative estimate of drug-likeness (QED) is 0.221. The number of carbonyl (C=O) groups is 1. The lowest BCUT2D eigenvalue weighted by Crippen LogP contribution is -2.31. The molecule has 1 amide bonds. The van der Waals surface area contributed by atoms with Gasteiger partial charge in [-0.3, -0.25) is 4.79 Å². The highest BCUT2D eigenvalue weighted by molar-refractivity contribution is 5.93. The number of nitrogens with zero attached hydrogens (tertiary/aromatic N) is 8. The van der Waals surface area contributed by atoms with Crippen molar-refractivity contribution in [3.63, 3.8) is 0 Å². The van der Waals surface area contributed by atoms with Gasteiger partial charge >= 0.3 is 0 Å². The van der Waals surface area contributed by atoms with Crippen LogP contribution in [0.25, 0.3) is 11.2 Å². The molecule has 0 aliphatic carbocycles. The van der Waals surface area contributed by atoms with Gasteiger partial charge in [0.05, 0.1) is 11.8 Å². The van der Waals surface area contributed by atoms with Crippen LogP contribution in [0.5, 0.6) is 0 Å². The molecule has 4 N–H and O–H groups in total. The number of aliphatic hydroxyl groups is 1. The Hall–Kier alpha value is -3.67. The van der Waals surface area contributed by atoms with Crippen LogP contribution in [-0.4, -0.2) is 77.7 Å². The van der Waals surface area contributed by atoms with Gasteiger partial charge in [-0.2, -0.15) is 4.80 Å². The van der Waals surface area contributed by atoms with Crippen molar-refractivity contribution in [3.8, 4) is 12.3 Å². The summed E-state index contributed by atoms with van der Waals surface area (Å²) in [4.78, 5) is 25.6. The van der Waals surface area contributed by atoms with Crippen molar-refractivity contribution in [3.05, 3.63) is 17.2 Å². The van der Waals surface area contributed by atoms with E-state index in [-0.39, 0.29) is 23.3 Å². The van der Waals surface area contributed by atoms with Gasteiger partial charge in [0.25, 0.3) is 5.91 Å². The topological polar surface area (TPSA) is 192 Å². The zero-order chi connectivity index (χ0) is 26.2. The first-order valence-corrected chi connectivity index (χ1v) is 12.3. The number of rotatable bonds is 9. The zero-order valence-corrected chi connectivity index (χ0v) is 21.2. The fourth-order valence-electron chi connectivity index (χ4n) is 4.24. The van der Waals surface area contributed by atoms with Gasteiger partial charge in [-0.25, -0.2) is 25.4 Å². The van der Waals surface area contributed by atoms with Crippen LogP contribution >= 0.6 is 0 Å². The van der Waals surface area contributed by atoms with E-state index in [9.17, 15) is 9.90 Å². The molecule has 0 unspecified atom stereocenters. The third-order valence-electron chi connectivity index (χ3n) is 6.48. The molecule has 2 aliphatic rings. The molecule has 2 saturated heterocycles. The summed E-state index contributed by atoms with van der Waals surface area (Å²) in [7, 11) is 0. The fourth-order valence-corrected chi connectivity index (χ4v) is 4.24. The Morgan fingerprint density at radius 1 is 1.27 bits per heavy atom. The molecule has 1 atom stereocenters. The SMILES string of the molecule is C#CCCC1(CCNC(=O)c2nonc2Cn2nc3nc(C(C)(C)C)nc(N4CC[C@H](O)C4)c3n2)NN1. The van der Waals surface area contributed by atoms with Gasteiger partial charge in [0, 0.05) is 31.5 Å². The summed E-state index contributed by atoms with van der Waals surface area (Å²) in [5.74, 6) is 3.49. The number of hydrogen-bond donors (Lipinski definition) is 4. The maximum Gasteiger partial charge on any atom is 0.275 e. The number of β-amino-alcohol motifs (C(OH)–C–C–N with tert-alkyl or cyclic N) is 1. The fraction of sp³-hybridized carbons (Fsp3) is 0.609. The average molecular weight is 510 g/mol. The van der Waals surface area contributed by atoms with Crippen molar-refractivity contribution in [2.45, 2.75) is 70.2 Å². The Morgan fingerprint density at radius 2 is 2.08 bits per heavy atom. The smallest absolute Gasteiger partial charge is 0.275 e. The number of aliphatic hydroxyl groups excluding tert-OH is 1. The lowest BCUT2D eigenvalue weighted by molar-refractivity contribution is 0.0941. The summed E-state index contributed by atoms with van der Waals surface area (Å²) in [5, 5.41) is 29.7. The predicted octanol–water partition coefficient (Wildman–Crippen LogP) is -0.141. The van der Waals surface area contributed by atoms with E-state index in [1.165, 1.54) is 4.80 Å². The van der Waals surface area contributed by atoms with E-state index in [0.29, 0.717) is 67.4 Å². The number of carbonyl (C=O) groups excluding carboxylic acids is 1. The molecular weight excluding hydrogens is 478 g/mol. The van der Waals surface area contributed by atoms with Crippen molar-refractivity contribution in [1.29, 1.82) is 0 Å². The van der Waals surface area contributed by atoms with Gasteiger partial charge in [0.1, 0.15) is 18.1 Å². The molecule has 0 saturated carbocycles. The first-order valence-electron chi connectivity index (χ1n) is 12.3. The molecule has 37 heavy (non-hydrogen) atoms. The van der Waals surface area contributed by atoms with Crippen LogP contribution in [0.2, 0.25) is 0 Å². The molecule has 0 bridgehead atoms. The summed E-state index contributed by atoms with van der Waals surface area (Å²) < 4.78 is 4.87. The zero-order valence-electron chi connectivity index (χ0n) is 21.2. The minimum absolute atomic E-state index is 0.0603. The second kappa shape index (κ2) is 9.66. The van der Waals surface area contributed by atoms with Crippen molar-refractivity contribution < 1.29 is 14.5 Å². The van der Waals surface area contributed by atoms with Crippen molar-refractivity contribution >= 4 is 22.9 Å². The van der Waals surface area contributed by atoms with Crippen LogP contribution in [-0.2, 0) is 12.0 Å². The summed E-state index contributed by atoms with van der Waals surface area (Å²) in [5.41, 5.74) is 6.96. The van der Waals surface area contributed by atoms with Crippen molar-refractivity contribution in [2.75, 3.05) is 24.5 Å². The number of aromatic nitrogens is 7. The lowest BCUT2D eigenvalue weighted by atomic mass is 9.96. The highest BCUT2D eigenvalue weighted by atomic mass is 16.6. The number of amides is 1. The van der Waals surface area contributed by atoms with Gasteiger partial charge in [-0.15, -0.1) is 22.5 Å². The predicted molar refractivity (Wildman–Crippen MR) is 132 cm³/mol. The third-order valence-corrected chi connectivity index (χ3v) is 6.48. The molecular formula is C23H31N11O3. The van der Waals surface area contributed by atoms with Crippen LogP contribution in [0.15, 0.2) is 4.63 Å². The maximum atomic E-state index is 12.8. The van der Waals surface area contributed by atoms with Crippen LogP contribution in [0.3, 0.4) is 0 Å². The Labute approximate surface area is 213 Å². The summed E-state index contributed by atoms with van der Waals surface area (Å²) in [6.45, 7) is 7.68. The van der Waals surface area contributed by atoms with E-state index in [0.717, 1.165) is 6.42 Å². The molecule has 2 aliphatic heterocycles. The molecule has 0 radical (unpaired) electrons. The Balaban J connectivity index is 1.33. The van der Waals surface area contributed by atoms with Crippen LogP contribution in [0.1, 0.15) is 68.5 Å². The van der Waals surface area contributed by atoms with Crippen LogP contribution < -0.4 is 21.1 Å². The molecule has 14 nitrogen and oxygen atoms in total. The molecule has 0 spiro atoms. The Bertz CT molecular complexity index is 1330. The van der Waals surface area contributed by atoms with E-state index in [1.807, 2.05) is 25.7 Å². The summed E-state index contributed by atoms with van der Waals surface area (Å²) in [6, 6.07) is 0. The third kappa shape index (κ3) is 5.38. The van der Waals surface area contributed by atoms with Crippen LogP contribution in [0, 0.1) is 12.3 Å². The molecule has 0 aromatic carbocycles. The van der Waals surface area contributed by atoms with Gasteiger partial charge in [0.15, 0.2) is 17.0 Å². The number of terminal acetylenes is 1.